The SMILES string of the molecule is O=C(CC(c1ccccc1)c1ccccc1)N1CC(S(=O)(=O)C2CCCCC2)C1. The highest BCUT2D eigenvalue weighted by molar-refractivity contribution is 7.92. The van der Waals surface area contributed by atoms with Gasteiger partial charge in [0, 0.05) is 25.4 Å². The Morgan fingerprint density at radius 3 is 1.86 bits per heavy atom. The number of carbonyl (C=O) groups is 1. The lowest BCUT2D eigenvalue weighted by atomic mass is 9.88. The minimum atomic E-state index is -3.12. The van der Waals surface area contributed by atoms with E-state index in [2.05, 4.69) is 24.3 Å². The fraction of sp³-hybridized carbons (Fsp3) is 0.458. The van der Waals surface area contributed by atoms with Gasteiger partial charge in [-0.05, 0) is 24.0 Å². The summed E-state index contributed by atoms with van der Waals surface area (Å²) in [5.74, 6) is 0.0247. The Hall–Kier alpha value is -2.14. The average molecular weight is 412 g/mol. The smallest absolute Gasteiger partial charge is 0.223 e. The molecule has 2 aromatic rings. The lowest BCUT2D eigenvalue weighted by Gasteiger charge is -2.41. The number of benzene rings is 2. The Balaban J connectivity index is 1.42. The summed E-state index contributed by atoms with van der Waals surface area (Å²) < 4.78 is 25.7. The Bertz CT molecular complexity index is 876. The summed E-state index contributed by atoms with van der Waals surface area (Å²) in [6.07, 6.45) is 5.10. The Labute approximate surface area is 173 Å². The molecule has 2 fully saturated rings. The molecule has 1 heterocycles. The molecule has 0 bridgehead atoms. The van der Waals surface area contributed by atoms with Crippen LogP contribution in [0.15, 0.2) is 60.7 Å². The first-order valence-electron chi connectivity index (χ1n) is 10.7. The third-order valence-electron chi connectivity index (χ3n) is 6.46. The highest BCUT2D eigenvalue weighted by Gasteiger charge is 2.43. The standard InChI is InChI=1S/C24H29NO3S/c26-24(25-17-22(18-25)29(27,28)21-14-8-3-9-15-21)16-23(19-10-4-1-5-11-19)20-12-6-2-7-13-20/h1-2,4-7,10-13,21-23H,3,8-9,14-18H2. The van der Waals surface area contributed by atoms with Crippen molar-refractivity contribution in [2.75, 3.05) is 13.1 Å². The number of amides is 1. The van der Waals surface area contributed by atoms with Crippen LogP contribution in [0.4, 0.5) is 0 Å². The minimum absolute atomic E-state index is 0.0149. The second-order valence-electron chi connectivity index (χ2n) is 8.35. The minimum Gasteiger partial charge on any atom is -0.340 e. The third kappa shape index (κ3) is 4.40. The van der Waals surface area contributed by atoms with Gasteiger partial charge in [0.2, 0.25) is 5.91 Å². The van der Waals surface area contributed by atoms with Crippen molar-refractivity contribution in [2.45, 2.75) is 54.9 Å². The molecule has 1 saturated carbocycles. The third-order valence-corrected chi connectivity index (χ3v) is 9.09. The van der Waals surface area contributed by atoms with Crippen LogP contribution in [0.3, 0.4) is 0 Å². The first-order chi connectivity index (χ1) is 14.1. The van der Waals surface area contributed by atoms with Crippen molar-refractivity contribution in [2.24, 2.45) is 0 Å². The number of hydrogen-bond acceptors (Lipinski definition) is 3. The fourth-order valence-corrected chi connectivity index (χ4v) is 6.93. The van der Waals surface area contributed by atoms with E-state index in [0.717, 1.165) is 43.2 Å². The zero-order valence-electron chi connectivity index (χ0n) is 16.7. The van der Waals surface area contributed by atoms with E-state index in [9.17, 15) is 13.2 Å². The van der Waals surface area contributed by atoms with Gasteiger partial charge in [0.15, 0.2) is 9.84 Å². The van der Waals surface area contributed by atoms with Crippen LogP contribution >= 0.6 is 0 Å². The highest BCUT2D eigenvalue weighted by atomic mass is 32.2. The highest BCUT2D eigenvalue weighted by Crippen LogP contribution is 2.32. The Kier molecular flexibility index (Phi) is 6.04. The molecule has 0 atom stereocenters. The van der Waals surface area contributed by atoms with Crippen LogP contribution in [0.2, 0.25) is 0 Å². The van der Waals surface area contributed by atoms with Crippen LogP contribution < -0.4 is 0 Å². The van der Waals surface area contributed by atoms with Crippen molar-refractivity contribution >= 4 is 15.7 Å². The zero-order chi connectivity index (χ0) is 20.3. The monoisotopic (exact) mass is 411 g/mol. The van der Waals surface area contributed by atoms with Crippen LogP contribution in [-0.2, 0) is 14.6 Å². The molecule has 4 nitrogen and oxygen atoms in total. The number of rotatable bonds is 6. The van der Waals surface area contributed by atoms with Crippen LogP contribution in [0, 0.1) is 0 Å². The van der Waals surface area contributed by atoms with Crippen molar-refractivity contribution in [3.8, 4) is 0 Å². The molecule has 0 aromatic heterocycles. The normalized spacial score (nSPS) is 18.6. The topological polar surface area (TPSA) is 54.5 Å². The van der Waals surface area contributed by atoms with E-state index in [1.807, 2.05) is 36.4 Å². The summed E-state index contributed by atoms with van der Waals surface area (Å²) in [6, 6.07) is 20.1. The molecule has 1 saturated heterocycles. The van der Waals surface area contributed by atoms with Crippen molar-refractivity contribution < 1.29 is 13.2 Å². The molecule has 29 heavy (non-hydrogen) atoms. The second kappa shape index (κ2) is 8.70. The molecule has 4 rings (SSSR count). The van der Waals surface area contributed by atoms with Crippen molar-refractivity contribution in [3.05, 3.63) is 71.8 Å². The molecule has 0 radical (unpaired) electrons. The van der Waals surface area contributed by atoms with E-state index in [1.165, 1.54) is 0 Å². The summed E-state index contributed by atoms with van der Waals surface area (Å²) >= 11 is 0. The van der Waals surface area contributed by atoms with E-state index in [-0.39, 0.29) is 22.3 Å². The molecule has 0 unspecified atom stereocenters. The Morgan fingerprint density at radius 1 is 0.828 bits per heavy atom. The first kappa shape index (κ1) is 20.1. The number of nitrogens with zero attached hydrogens (tertiary/aromatic N) is 1. The number of likely N-dealkylation sites (tertiary alicyclic amines) is 1. The van der Waals surface area contributed by atoms with E-state index < -0.39 is 9.84 Å². The number of carbonyl (C=O) groups excluding carboxylic acids is 1. The predicted octanol–water partition coefficient (Wildman–Crippen LogP) is 4.17. The van der Waals surface area contributed by atoms with Gasteiger partial charge < -0.3 is 4.90 Å². The maximum absolute atomic E-state index is 13.0. The van der Waals surface area contributed by atoms with Gasteiger partial charge in [0.1, 0.15) is 0 Å². The van der Waals surface area contributed by atoms with Crippen LogP contribution in [0.25, 0.3) is 0 Å². The average Bonchev–Trinajstić information content (AvgIpc) is 2.72. The lowest BCUT2D eigenvalue weighted by Crippen LogP contribution is -2.58. The van der Waals surface area contributed by atoms with Gasteiger partial charge in [-0.1, -0.05) is 79.9 Å². The van der Waals surface area contributed by atoms with Crippen molar-refractivity contribution in [3.63, 3.8) is 0 Å². The molecule has 2 aromatic carbocycles. The first-order valence-corrected chi connectivity index (χ1v) is 12.3. The summed E-state index contributed by atoms with van der Waals surface area (Å²) in [7, 11) is -3.12. The molecule has 1 amide bonds. The Morgan fingerprint density at radius 2 is 1.34 bits per heavy atom. The van der Waals surface area contributed by atoms with Gasteiger partial charge in [-0.3, -0.25) is 4.79 Å². The molecule has 2 aliphatic rings. The summed E-state index contributed by atoms with van der Waals surface area (Å²) in [5.41, 5.74) is 2.22. The molecular formula is C24H29NO3S. The van der Waals surface area contributed by atoms with E-state index in [4.69, 9.17) is 0 Å². The van der Waals surface area contributed by atoms with Crippen molar-refractivity contribution in [1.29, 1.82) is 0 Å². The van der Waals surface area contributed by atoms with Gasteiger partial charge in [0.25, 0.3) is 0 Å². The molecule has 0 spiro atoms. The summed E-state index contributed by atoms with van der Waals surface area (Å²) in [4.78, 5) is 14.7. The molecule has 1 aliphatic heterocycles. The molecular weight excluding hydrogens is 382 g/mol. The molecule has 5 heteroatoms. The van der Waals surface area contributed by atoms with E-state index in [0.29, 0.717) is 19.5 Å². The largest absolute Gasteiger partial charge is 0.340 e. The molecule has 1 aliphatic carbocycles. The quantitative estimate of drug-likeness (QED) is 0.717. The maximum Gasteiger partial charge on any atom is 0.223 e. The van der Waals surface area contributed by atoms with Gasteiger partial charge in [0.05, 0.1) is 10.5 Å². The van der Waals surface area contributed by atoms with Gasteiger partial charge in [-0.15, -0.1) is 0 Å². The summed E-state index contributed by atoms with van der Waals surface area (Å²) in [6.45, 7) is 0.710. The van der Waals surface area contributed by atoms with E-state index >= 15 is 0 Å². The summed E-state index contributed by atoms with van der Waals surface area (Å²) in [5, 5.41) is -0.568. The van der Waals surface area contributed by atoms with Gasteiger partial charge >= 0.3 is 0 Å². The second-order valence-corrected chi connectivity index (χ2v) is 10.9. The molecule has 154 valence electrons. The van der Waals surface area contributed by atoms with Crippen molar-refractivity contribution in [1.82, 2.24) is 4.90 Å². The van der Waals surface area contributed by atoms with Crippen LogP contribution in [0.1, 0.15) is 55.6 Å². The van der Waals surface area contributed by atoms with Crippen LogP contribution in [-0.4, -0.2) is 42.8 Å². The zero-order valence-corrected chi connectivity index (χ0v) is 17.6. The number of hydrogen-bond donors (Lipinski definition) is 0. The molecule has 0 N–H and O–H groups in total. The van der Waals surface area contributed by atoms with E-state index in [1.54, 1.807) is 4.90 Å². The van der Waals surface area contributed by atoms with Crippen LogP contribution in [0.5, 0.6) is 0 Å². The predicted molar refractivity (Wildman–Crippen MR) is 116 cm³/mol. The fourth-order valence-electron chi connectivity index (χ4n) is 4.62. The number of sulfone groups is 1. The van der Waals surface area contributed by atoms with Gasteiger partial charge in [-0.2, -0.15) is 0 Å². The van der Waals surface area contributed by atoms with Gasteiger partial charge in [-0.25, -0.2) is 8.42 Å². The maximum atomic E-state index is 13.0. The lowest BCUT2D eigenvalue weighted by molar-refractivity contribution is -0.134.